The SMILES string of the molecule is Cc1ccc2c(c1)c1cc(Br)ccc1n2CC(F)CN1CCNCC1. The number of benzene rings is 2. The summed E-state index contributed by atoms with van der Waals surface area (Å²) >= 11 is 3.57. The fraction of sp³-hybridized carbons (Fsp3) is 0.400. The van der Waals surface area contributed by atoms with Crippen molar-refractivity contribution in [3.63, 3.8) is 0 Å². The molecule has 2 heterocycles. The number of alkyl halides is 1. The van der Waals surface area contributed by atoms with Crippen LogP contribution in [0, 0.1) is 6.92 Å². The van der Waals surface area contributed by atoms with Gasteiger partial charge in [-0.05, 0) is 37.3 Å². The molecule has 1 unspecified atom stereocenters. The lowest BCUT2D eigenvalue weighted by molar-refractivity contribution is 0.164. The van der Waals surface area contributed by atoms with Gasteiger partial charge >= 0.3 is 0 Å². The summed E-state index contributed by atoms with van der Waals surface area (Å²) in [5.41, 5.74) is 3.44. The summed E-state index contributed by atoms with van der Waals surface area (Å²) in [6, 6.07) is 12.7. The molecule has 5 heteroatoms. The van der Waals surface area contributed by atoms with E-state index in [9.17, 15) is 4.39 Å². The van der Waals surface area contributed by atoms with Gasteiger partial charge in [-0.15, -0.1) is 0 Å². The molecule has 1 N–H and O–H groups in total. The Morgan fingerprint density at radius 3 is 2.48 bits per heavy atom. The molecule has 1 atom stereocenters. The molecule has 4 rings (SSSR count). The summed E-state index contributed by atoms with van der Waals surface area (Å²) < 4.78 is 18.1. The van der Waals surface area contributed by atoms with Crippen LogP contribution in [0.2, 0.25) is 0 Å². The maximum atomic E-state index is 14.9. The number of nitrogens with one attached hydrogen (secondary N) is 1. The number of fused-ring (bicyclic) bond motifs is 3. The summed E-state index contributed by atoms with van der Waals surface area (Å²) in [6.07, 6.45) is -0.873. The number of aryl methyl sites for hydroxylation is 1. The molecule has 1 fully saturated rings. The van der Waals surface area contributed by atoms with Crippen LogP contribution >= 0.6 is 15.9 Å². The van der Waals surface area contributed by atoms with Crippen molar-refractivity contribution in [3.8, 4) is 0 Å². The lowest BCUT2D eigenvalue weighted by Crippen LogP contribution is -2.46. The van der Waals surface area contributed by atoms with Gasteiger partial charge in [-0.3, -0.25) is 4.90 Å². The minimum atomic E-state index is -0.873. The van der Waals surface area contributed by atoms with E-state index in [0.29, 0.717) is 13.1 Å². The summed E-state index contributed by atoms with van der Waals surface area (Å²) in [6.45, 7) is 6.77. The molecule has 0 saturated carbocycles. The second-order valence-corrected chi connectivity index (χ2v) is 7.86. The largest absolute Gasteiger partial charge is 0.337 e. The number of rotatable bonds is 4. The highest BCUT2D eigenvalue weighted by molar-refractivity contribution is 9.10. The Labute approximate surface area is 155 Å². The predicted octanol–water partition coefficient (Wildman–Crippen LogP) is 4.11. The van der Waals surface area contributed by atoms with Gasteiger partial charge in [0.2, 0.25) is 0 Å². The van der Waals surface area contributed by atoms with Crippen molar-refractivity contribution in [2.45, 2.75) is 19.6 Å². The number of aromatic nitrogens is 1. The Morgan fingerprint density at radius 1 is 1.04 bits per heavy atom. The molecule has 0 bridgehead atoms. The van der Waals surface area contributed by atoms with E-state index < -0.39 is 6.17 Å². The van der Waals surface area contributed by atoms with Crippen LogP contribution in [0.5, 0.6) is 0 Å². The van der Waals surface area contributed by atoms with Crippen LogP contribution in [0.1, 0.15) is 5.56 Å². The second-order valence-electron chi connectivity index (χ2n) is 6.94. The van der Waals surface area contributed by atoms with Gasteiger partial charge in [0.05, 0.1) is 6.54 Å². The molecular formula is C20H23BrFN3. The minimum Gasteiger partial charge on any atom is -0.337 e. The number of halogens is 2. The third-order valence-electron chi connectivity index (χ3n) is 5.03. The van der Waals surface area contributed by atoms with Gasteiger partial charge in [-0.25, -0.2) is 4.39 Å². The quantitative estimate of drug-likeness (QED) is 0.707. The van der Waals surface area contributed by atoms with Gasteiger partial charge in [0, 0.05) is 59.0 Å². The highest BCUT2D eigenvalue weighted by Gasteiger charge is 2.19. The zero-order valence-electron chi connectivity index (χ0n) is 14.4. The second kappa shape index (κ2) is 7.06. The number of hydrogen-bond donors (Lipinski definition) is 1. The molecule has 1 aliphatic heterocycles. The third-order valence-corrected chi connectivity index (χ3v) is 5.52. The van der Waals surface area contributed by atoms with Gasteiger partial charge in [0.1, 0.15) is 6.17 Å². The first-order valence-electron chi connectivity index (χ1n) is 8.87. The zero-order chi connectivity index (χ0) is 17.4. The van der Waals surface area contributed by atoms with E-state index in [0.717, 1.165) is 41.7 Å². The molecular weight excluding hydrogens is 381 g/mol. The molecule has 0 radical (unpaired) electrons. The Bertz CT molecular complexity index is 839. The topological polar surface area (TPSA) is 20.2 Å². The summed E-state index contributed by atoms with van der Waals surface area (Å²) in [7, 11) is 0. The van der Waals surface area contributed by atoms with Gasteiger partial charge < -0.3 is 9.88 Å². The third kappa shape index (κ3) is 3.46. The Hall–Kier alpha value is -1.43. The van der Waals surface area contributed by atoms with Crippen molar-refractivity contribution in [1.82, 2.24) is 14.8 Å². The molecule has 1 aromatic heterocycles. The Morgan fingerprint density at radius 2 is 1.72 bits per heavy atom. The molecule has 1 aliphatic rings. The van der Waals surface area contributed by atoms with E-state index in [2.05, 4.69) is 68.0 Å². The lowest BCUT2D eigenvalue weighted by Gasteiger charge is -2.28. The molecule has 3 nitrogen and oxygen atoms in total. The van der Waals surface area contributed by atoms with Crippen molar-refractivity contribution >= 4 is 37.7 Å². The fourth-order valence-corrected chi connectivity index (χ4v) is 4.18. The van der Waals surface area contributed by atoms with Gasteiger partial charge in [0.15, 0.2) is 0 Å². The molecule has 0 aliphatic carbocycles. The number of hydrogen-bond acceptors (Lipinski definition) is 2. The van der Waals surface area contributed by atoms with Crippen molar-refractivity contribution in [2.75, 3.05) is 32.7 Å². The van der Waals surface area contributed by atoms with Crippen LogP contribution in [0.3, 0.4) is 0 Å². The Kier molecular flexibility index (Phi) is 4.80. The van der Waals surface area contributed by atoms with Gasteiger partial charge in [-0.2, -0.15) is 0 Å². The normalized spacial score (nSPS) is 17.4. The van der Waals surface area contributed by atoms with E-state index in [1.54, 1.807) is 0 Å². The number of piperazine rings is 1. The van der Waals surface area contributed by atoms with E-state index >= 15 is 0 Å². The summed E-state index contributed by atoms with van der Waals surface area (Å²) in [5, 5.41) is 5.70. The first kappa shape index (κ1) is 17.0. The van der Waals surface area contributed by atoms with Crippen LogP contribution < -0.4 is 5.32 Å². The Balaban J connectivity index is 1.69. The number of nitrogens with zero attached hydrogens (tertiary/aromatic N) is 2. The van der Waals surface area contributed by atoms with E-state index in [1.165, 1.54) is 16.3 Å². The van der Waals surface area contributed by atoms with Crippen LogP contribution in [-0.4, -0.2) is 48.4 Å². The smallest absolute Gasteiger partial charge is 0.131 e. The van der Waals surface area contributed by atoms with Crippen molar-refractivity contribution in [3.05, 3.63) is 46.4 Å². The van der Waals surface area contributed by atoms with E-state index in [-0.39, 0.29) is 0 Å². The minimum absolute atomic E-state index is 0.397. The van der Waals surface area contributed by atoms with Crippen LogP contribution in [0.25, 0.3) is 21.8 Å². The highest BCUT2D eigenvalue weighted by atomic mass is 79.9. The van der Waals surface area contributed by atoms with Crippen molar-refractivity contribution in [2.24, 2.45) is 0 Å². The summed E-state index contributed by atoms with van der Waals surface area (Å²) in [4.78, 5) is 2.22. The molecule has 1 saturated heterocycles. The van der Waals surface area contributed by atoms with Gasteiger partial charge in [-0.1, -0.05) is 27.6 Å². The van der Waals surface area contributed by atoms with E-state index in [1.807, 2.05) is 6.07 Å². The summed E-state index contributed by atoms with van der Waals surface area (Å²) in [5.74, 6) is 0. The molecule has 25 heavy (non-hydrogen) atoms. The standard InChI is InChI=1S/C20H23BrFN3/c1-14-2-4-19-17(10-14)18-11-15(21)3-5-20(18)25(19)13-16(22)12-24-8-6-23-7-9-24/h2-5,10-11,16,23H,6-9,12-13H2,1H3. The fourth-order valence-electron chi connectivity index (χ4n) is 3.82. The molecule has 0 amide bonds. The van der Waals surface area contributed by atoms with Crippen LogP contribution in [0.4, 0.5) is 4.39 Å². The van der Waals surface area contributed by atoms with Gasteiger partial charge in [0.25, 0.3) is 0 Å². The predicted molar refractivity (Wildman–Crippen MR) is 106 cm³/mol. The van der Waals surface area contributed by atoms with Crippen molar-refractivity contribution < 1.29 is 4.39 Å². The molecule has 3 aromatic rings. The lowest BCUT2D eigenvalue weighted by atomic mass is 10.1. The van der Waals surface area contributed by atoms with Crippen molar-refractivity contribution in [1.29, 1.82) is 0 Å². The average molecular weight is 404 g/mol. The maximum absolute atomic E-state index is 14.9. The van der Waals surface area contributed by atoms with E-state index in [4.69, 9.17) is 0 Å². The monoisotopic (exact) mass is 403 g/mol. The first-order valence-corrected chi connectivity index (χ1v) is 9.66. The molecule has 0 spiro atoms. The zero-order valence-corrected chi connectivity index (χ0v) is 16.0. The molecule has 2 aromatic carbocycles. The van der Waals surface area contributed by atoms with Crippen LogP contribution in [-0.2, 0) is 6.54 Å². The van der Waals surface area contributed by atoms with Crippen LogP contribution in [0.15, 0.2) is 40.9 Å². The first-order chi connectivity index (χ1) is 12.1. The average Bonchev–Trinajstić information content (AvgIpc) is 2.88. The highest BCUT2D eigenvalue weighted by Crippen LogP contribution is 2.32. The molecule has 132 valence electrons. The maximum Gasteiger partial charge on any atom is 0.131 e.